The number of aryl methyl sites for hydroxylation is 1. The van der Waals surface area contributed by atoms with Crippen molar-refractivity contribution < 1.29 is 13.2 Å². The van der Waals surface area contributed by atoms with Gasteiger partial charge in [0, 0.05) is 31.2 Å². The van der Waals surface area contributed by atoms with Crippen LogP contribution in [-0.2, 0) is 10.0 Å². The fraction of sp³-hybridized carbons (Fsp3) is 0.611. The normalized spacial score (nSPS) is 22.3. The van der Waals surface area contributed by atoms with E-state index in [1.165, 1.54) is 4.31 Å². The molecule has 6 nitrogen and oxygen atoms in total. The number of carbonyl (C=O) groups excluding carboxylic acids is 1. The van der Waals surface area contributed by atoms with Gasteiger partial charge in [0.2, 0.25) is 10.0 Å². The second-order valence-corrected chi connectivity index (χ2v) is 8.90. The van der Waals surface area contributed by atoms with Crippen LogP contribution >= 0.6 is 0 Å². The maximum Gasteiger partial charge on any atom is 0.254 e. The number of hydrogen-bond donors (Lipinski definition) is 1. The van der Waals surface area contributed by atoms with Crippen molar-refractivity contribution in [1.29, 1.82) is 0 Å². The number of nitrogens with zero attached hydrogens (tertiary/aromatic N) is 2. The molecule has 0 aliphatic carbocycles. The van der Waals surface area contributed by atoms with Crippen LogP contribution in [0.3, 0.4) is 0 Å². The molecule has 3 rings (SSSR count). The molecule has 2 saturated heterocycles. The summed E-state index contributed by atoms with van der Waals surface area (Å²) in [6.45, 7) is 7.02. The Hall–Kier alpha value is -1.60. The highest BCUT2D eigenvalue weighted by atomic mass is 32.2. The first-order valence-corrected chi connectivity index (χ1v) is 10.7. The van der Waals surface area contributed by atoms with Crippen molar-refractivity contribution in [3.63, 3.8) is 0 Å². The average Bonchev–Trinajstić information content (AvgIpc) is 3.21. The third kappa shape index (κ3) is 3.67. The highest BCUT2D eigenvalue weighted by Gasteiger charge is 2.30. The van der Waals surface area contributed by atoms with Crippen molar-refractivity contribution in [1.82, 2.24) is 10.2 Å². The number of hydrogen-bond acceptors (Lipinski definition) is 4. The zero-order valence-electron chi connectivity index (χ0n) is 15.0. The van der Waals surface area contributed by atoms with E-state index in [9.17, 15) is 13.2 Å². The Morgan fingerprint density at radius 3 is 2.76 bits per heavy atom. The minimum Gasteiger partial charge on any atom is -0.334 e. The van der Waals surface area contributed by atoms with E-state index in [0.717, 1.165) is 38.0 Å². The molecule has 1 atom stereocenters. The minimum atomic E-state index is -3.20. The fourth-order valence-corrected chi connectivity index (χ4v) is 5.28. The second-order valence-electron chi connectivity index (χ2n) is 6.89. The van der Waals surface area contributed by atoms with Gasteiger partial charge >= 0.3 is 0 Å². The van der Waals surface area contributed by atoms with Crippen LogP contribution in [-0.4, -0.2) is 57.2 Å². The molecular formula is C18H27N3O3S. The number of carbonyl (C=O) groups is 1. The van der Waals surface area contributed by atoms with Crippen LogP contribution in [0.25, 0.3) is 0 Å². The van der Waals surface area contributed by atoms with E-state index in [2.05, 4.69) is 12.2 Å². The first-order valence-electron chi connectivity index (χ1n) is 9.07. The Balaban J connectivity index is 1.85. The molecule has 0 spiro atoms. The molecule has 1 aromatic rings. The molecule has 138 valence electrons. The van der Waals surface area contributed by atoms with Gasteiger partial charge in [0.1, 0.15) is 0 Å². The lowest BCUT2D eigenvalue weighted by molar-refractivity contribution is 0.0691. The van der Waals surface area contributed by atoms with Gasteiger partial charge in [-0.1, -0.05) is 6.92 Å². The van der Waals surface area contributed by atoms with Crippen LogP contribution in [0, 0.1) is 6.92 Å². The monoisotopic (exact) mass is 365 g/mol. The standard InChI is InChI=1S/C18H27N3O3S/c1-3-9-20(16-7-8-19-13-16)18(22)17-6-5-15(12-14(17)2)21-10-4-11-25(21,23)24/h5-6,12,16,19H,3-4,7-11,13H2,1-2H3. The molecule has 1 unspecified atom stereocenters. The molecule has 1 N–H and O–H groups in total. The summed E-state index contributed by atoms with van der Waals surface area (Å²) < 4.78 is 25.7. The predicted molar refractivity (Wildman–Crippen MR) is 99.5 cm³/mol. The molecular weight excluding hydrogens is 338 g/mol. The van der Waals surface area contributed by atoms with E-state index in [0.29, 0.717) is 24.2 Å². The highest BCUT2D eigenvalue weighted by Crippen LogP contribution is 2.27. The van der Waals surface area contributed by atoms with E-state index < -0.39 is 10.0 Å². The number of amides is 1. The van der Waals surface area contributed by atoms with Crippen LogP contribution in [0.4, 0.5) is 5.69 Å². The third-order valence-electron chi connectivity index (χ3n) is 5.03. The lowest BCUT2D eigenvalue weighted by Crippen LogP contribution is -2.42. The molecule has 0 bridgehead atoms. The summed E-state index contributed by atoms with van der Waals surface area (Å²) in [7, 11) is -3.20. The van der Waals surface area contributed by atoms with Crippen molar-refractivity contribution >= 4 is 21.6 Å². The molecule has 2 aliphatic heterocycles. The molecule has 1 aromatic carbocycles. The Kier molecular flexibility index (Phi) is 5.34. The van der Waals surface area contributed by atoms with E-state index in [-0.39, 0.29) is 17.7 Å². The van der Waals surface area contributed by atoms with E-state index in [1.807, 2.05) is 17.9 Å². The van der Waals surface area contributed by atoms with Gasteiger partial charge in [0.05, 0.1) is 11.4 Å². The van der Waals surface area contributed by atoms with Crippen LogP contribution < -0.4 is 9.62 Å². The fourth-order valence-electron chi connectivity index (χ4n) is 3.72. The number of nitrogens with one attached hydrogen (secondary N) is 1. The predicted octanol–water partition coefficient (Wildman–Crippen LogP) is 1.75. The maximum atomic E-state index is 13.1. The molecule has 0 radical (unpaired) electrons. The SMILES string of the molecule is CCCN(C(=O)c1ccc(N2CCCS2(=O)=O)cc1C)C1CCNC1. The molecule has 0 aromatic heterocycles. The van der Waals surface area contributed by atoms with Crippen molar-refractivity contribution in [3.8, 4) is 0 Å². The summed E-state index contributed by atoms with van der Waals surface area (Å²) in [6.07, 6.45) is 2.56. The summed E-state index contributed by atoms with van der Waals surface area (Å²) in [6, 6.07) is 5.62. The van der Waals surface area contributed by atoms with Gasteiger partial charge in [-0.2, -0.15) is 0 Å². The number of anilines is 1. The maximum absolute atomic E-state index is 13.1. The van der Waals surface area contributed by atoms with E-state index in [4.69, 9.17) is 0 Å². The van der Waals surface area contributed by atoms with Crippen LogP contribution in [0.15, 0.2) is 18.2 Å². The third-order valence-corrected chi connectivity index (χ3v) is 6.90. The Morgan fingerprint density at radius 1 is 1.40 bits per heavy atom. The van der Waals surface area contributed by atoms with Crippen LogP contribution in [0.1, 0.15) is 42.1 Å². The topological polar surface area (TPSA) is 69.7 Å². The van der Waals surface area contributed by atoms with Gasteiger partial charge in [-0.15, -0.1) is 0 Å². The molecule has 2 heterocycles. The molecule has 0 saturated carbocycles. The summed E-state index contributed by atoms with van der Waals surface area (Å²) in [4.78, 5) is 15.0. The van der Waals surface area contributed by atoms with Gasteiger partial charge in [-0.05, 0) is 56.5 Å². The smallest absolute Gasteiger partial charge is 0.254 e. The quantitative estimate of drug-likeness (QED) is 0.863. The zero-order valence-corrected chi connectivity index (χ0v) is 15.8. The number of benzene rings is 1. The van der Waals surface area contributed by atoms with Gasteiger partial charge in [0.25, 0.3) is 5.91 Å². The Morgan fingerprint density at radius 2 is 2.20 bits per heavy atom. The minimum absolute atomic E-state index is 0.0453. The average molecular weight is 365 g/mol. The largest absolute Gasteiger partial charge is 0.334 e. The summed E-state index contributed by atoms with van der Waals surface area (Å²) in [5.41, 5.74) is 2.16. The van der Waals surface area contributed by atoms with Gasteiger partial charge in [-0.3, -0.25) is 9.10 Å². The second kappa shape index (κ2) is 7.33. The Labute approximate surface area is 150 Å². The summed E-state index contributed by atoms with van der Waals surface area (Å²) in [5, 5.41) is 3.32. The Bertz CT molecular complexity index is 742. The van der Waals surface area contributed by atoms with Crippen LogP contribution in [0.2, 0.25) is 0 Å². The van der Waals surface area contributed by atoms with Crippen LogP contribution in [0.5, 0.6) is 0 Å². The summed E-state index contributed by atoms with van der Waals surface area (Å²) in [5.74, 6) is 0.245. The highest BCUT2D eigenvalue weighted by molar-refractivity contribution is 7.93. The first kappa shape index (κ1) is 18.2. The van der Waals surface area contributed by atoms with Gasteiger partial charge in [-0.25, -0.2) is 8.42 Å². The molecule has 25 heavy (non-hydrogen) atoms. The molecule has 2 fully saturated rings. The zero-order chi connectivity index (χ0) is 18.0. The van der Waals surface area contributed by atoms with Crippen molar-refractivity contribution in [2.75, 3.05) is 36.2 Å². The lowest BCUT2D eigenvalue weighted by atomic mass is 10.0. The molecule has 7 heteroatoms. The van der Waals surface area contributed by atoms with Crippen molar-refractivity contribution in [3.05, 3.63) is 29.3 Å². The number of sulfonamides is 1. The molecule has 1 amide bonds. The summed E-state index contributed by atoms with van der Waals surface area (Å²) >= 11 is 0. The van der Waals surface area contributed by atoms with Crippen molar-refractivity contribution in [2.24, 2.45) is 0 Å². The number of rotatable bonds is 5. The van der Waals surface area contributed by atoms with E-state index >= 15 is 0 Å². The first-order chi connectivity index (χ1) is 11.9. The molecule has 2 aliphatic rings. The van der Waals surface area contributed by atoms with Gasteiger partial charge < -0.3 is 10.2 Å². The van der Waals surface area contributed by atoms with Gasteiger partial charge in [0.15, 0.2) is 0 Å². The van der Waals surface area contributed by atoms with E-state index in [1.54, 1.807) is 12.1 Å². The van der Waals surface area contributed by atoms with Crippen molar-refractivity contribution in [2.45, 2.75) is 39.2 Å². The lowest BCUT2D eigenvalue weighted by Gasteiger charge is -2.29.